The molecular weight excluding hydrogens is 442 g/mol. The number of benzene rings is 1. The van der Waals surface area contributed by atoms with Crippen LogP contribution in [-0.2, 0) is 0 Å². The minimum Gasteiger partial charge on any atom is -0.365 e. The number of primary amides is 1. The van der Waals surface area contributed by atoms with E-state index in [1.165, 1.54) is 6.20 Å². The number of likely N-dealkylation sites (N-methyl/N-ethyl adjacent to an activating group) is 2. The first-order valence-corrected chi connectivity index (χ1v) is 11.1. The largest absolute Gasteiger partial charge is 0.365 e. The molecule has 0 spiro atoms. The molecule has 1 aliphatic carbocycles. The first kappa shape index (κ1) is 23.7. The number of halogens is 2. The quantitative estimate of drug-likeness (QED) is 0.457. The number of nitrogens with two attached hydrogens (primary N) is 1. The Bertz CT molecular complexity index is 1170. The van der Waals surface area contributed by atoms with Gasteiger partial charge in [-0.3, -0.25) is 9.28 Å². The fourth-order valence-corrected chi connectivity index (χ4v) is 4.72. The van der Waals surface area contributed by atoms with Crippen LogP contribution in [0.3, 0.4) is 0 Å². The van der Waals surface area contributed by atoms with E-state index in [9.17, 15) is 4.79 Å². The number of nitrogens with zero attached hydrogens (tertiary/aromatic N) is 5. The molecule has 1 aliphatic rings. The van der Waals surface area contributed by atoms with Gasteiger partial charge in [0.1, 0.15) is 5.56 Å². The van der Waals surface area contributed by atoms with Crippen molar-refractivity contribution in [2.75, 3.05) is 26.5 Å². The van der Waals surface area contributed by atoms with Crippen LogP contribution >= 0.6 is 0 Å². The highest BCUT2D eigenvalue weighted by molar-refractivity contribution is 5.98. The molecule has 0 saturated heterocycles. The molecule has 1 fully saturated rings. The van der Waals surface area contributed by atoms with Gasteiger partial charge >= 0.3 is 11.9 Å². The smallest absolute Gasteiger partial charge is 0.330 e. The zero-order valence-electron chi connectivity index (χ0n) is 19.4. The molecule has 11 heteroatoms. The summed E-state index contributed by atoms with van der Waals surface area (Å²) in [6, 6.07) is 7.63. The number of nitrogens with one attached hydrogen (secondary N) is 2. The van der Waals surface area contributed by atoms with Gasteiger partial charge in [-0.15, -0.1) is 0 Å². The molecule has 0 aliphatic heterocycles. The summed E-state index contributed by atoms with van der Waals surface area (Å²) in [5.74, 6) is -3.32. The van der Waals surface area contributed by atoms with E-state index in [4.69, 9.17) is 5.73 Å². The van der Waals surface area contributed by atoms with Gasteiger partial charge in [0.05, 0.1) is 32.0 Å². The van der Waals surface area contributed by atoms with Crippen LogP contribution in [0.15, 0.2) is 48.9 Å². The Morgan fingerprint density at radius 1 is 1.29 bits per heavy atom. The number of hydrogen-bond donors (Lipinski definition) is 3. The average Bonchev–Trinajstić information content (AvgIpc) is 3.33. The molecule has 1 saturated carbocycles. The number of amides is 1. The molecule has 34 heavy (non-hydrogen) atoms. The minimum atomic E-state index is -2.91. The molecule has 0 bridgehead atoms. The van der Waals surface area contributed by atoms with Crippen LogP contribution in [0.5, 0.6) is 0 Å². The zero-order valence-corrected chi connectivity index (χ0v) is 19.4. The summed E-state index contributed by atoms with van der Waals surface area (Å²) < 4.78 is 31.6. The molecular formula is C23H29F2N8O+. The van der Waals surface area contributed by atoms with E-state index in [2.05, 4.69) is 25.7 Å². The van der Waals surface area contributed by atoms with Crippen molar-refractivity contribution >= 4 is 23.4 Å². The Balaban J connectivity index is 1.73. The molecule has 2 heterocycles. The Labute approximate surface area is 196 Å². The molecule has 180 valence electrons. The van der Waals surface area contributed by atoms with Gasteiger partial charge in [-0.05, 0) is 44.2 Å². The Kier molecular flexibility index (Phi) is 6.32. The number of carbonyl (C=O) groups is 1. The van der Waals surface area contributed by atoms with Crippen LogP contribution in [0, 0.1) is 0 Å². The Hall–Kier alpha value is -3.44. The van der Waals surface area contributed by atoms with E-state index in [1.54, 1.807) is 50.4 Å². The van der Waals surface area contributed by atoms with Crippen molar-refractivity contribution < 1.29 is 13.6 Å². The summed E-state index contributed by atoms with van der Waals surface area (Å²) in [6.45, 7) is 0. The van der Waals surface area contributed by atoms with Crippen molar-refractivity contribution in [2.24, 2.45) is 5.73 Å². The van der Waals surface area contributed by atoms with Crippen LogP contribution in [0.2, 0.25) is 0 Å². The summed E-state index contributed by atoms with van der Waals surface area (Å²) in [6.07, 6.45) is 5.64. The van der Waals surface area contributed by atoms with Crippen LogP contribution in [0.25, 0.3) is 5.69 Å². The highest BCUT2D eigenvalue weighted by Crippen LogP contribution is 2.40. The third kappa shape index (κ3) is 4.48. The predicted molar refractivity (Wildman–Crippen MR) is 126 cm³/mol. The lowest BCUT2D eigenvalue weighted by Crippen LogP contribution is -2.68. The molecule has 4 rings (SSSR count). The first-order chi connectivity index (χ1) is 16.1. The fraction of sp³-hybridized carbons (Fsp3) is 0.391. The van der Waals surface area contributed by atoms with Crippen molar-refractivity contribution in [2.45, 2.75) is 37.3 Å². The lowest BCUT2D eigenvalue weighted by molar-refractivity contribution is -0.104. The van der Waals surface area contributed by atoms with E-state index in [0.29, 0.717) is 18.5 Å². The molecule has 2 atom stereocenters. The van der Waals surface area contributed by atoms with Gasteiger partial charge in [-0.1, -0.05) is 6.07 Å². The monoisotopic (exact) mass is 471 g/mol. The number of alkyl halides is 2. The SMILES string of the molecule is CNC1CCCC(F)(F)C1[N+](C)(C)c1ncc(C(N)=O)c(Nc2cccc(-n3cccn3)c2)n1. The number of carbonyl (C=O) groups excluding carboxylic acids is 1. The molecule has 0 radical (unpaired) electrons. The van der Waals surface area contributed by atoms with E-state index in [0.717, 1.165) is 5.69 Å². The number of hydrogen-bond acceptors (Lipinski definition) is 6. The number of aromatic nitrogens is 4. The fourth-order valence-electron chi connectivity index (χ4n) is 4.72. The topological polar surface area (TPSA) is 111 Å². The molecule has 2 aromatic heterocycles. The third-order valence-electron chi connectivity index (χ3n) is 6.34. The minimum absolute atomic E-state index is 0.0637. The maximum atomic E-state index is 15.1. The summed E-state index contributed by atoms with van der Waals surface area (Å²) in [7, 11) is 5.01. The predicted octanol–water partition coefficient (Wildman–Crippen LogP) is 2.85. The lowest BCUT2D eigenvalue weighted by Gasteiger charge is -2.45. The van der Waals surface area contributed by atoms with Gasteiger partial charge in [0.2, 0.25) is 0 Å². The Morgan fingerprint density at radius 3 is 2.76 bits per heavy atom. The van der Waals surface area contributed by atoms with E-state index < -0.39 is 23.9 Å². The second-order valence-electron chi connectivity index (χ2n) is 8.96. The van der Waals surface area contributed by atoms with Gasteiger partial charge in [0, 0.05) is 24.5 Å². The van der Waals surface area contributed by atoms with Crippen LogP contribution in [0.1, 0.15) is 29.6 Å². The van der Waals surface area contributed by atoms with E-state index in [-0.39, 0.29) is 28.2 Å². The van der Waals surface area contributed by atoms with E-state index >= 15 is 8.78 Å². The average molecular weight is 472 g/mol. The van der Waals surface area contributed by atoms with Crippen molar-refractivity contribution in [1.82, 2.24) is 29.5 Å². The Morgan fingerprint density at radius 2 is 2.09 bits per heavy atom. The number of quaternary nitrogens is 1. The zero-order chi connectivity index (χ0) is 24.5. The van der Waals surface area contributed by atoms with E-state index in [1.807, 2.05) is 18.2 Å². The molecule has 3 aromatic rings. The van der Waals surface area contributed by atoms with Crippen molar-refractivity contribution in [3.63, 3.8) is 0 Å². The first-order valence-electron chi connectivity index (χ1n) is 11.1. The van der Waals surface area contributed by atoms with Gasteiger partial charge in [-0.25, -0.2) is 4.68 Å². The molecule has 4 N–H and O–H groups in total. The summed E-state index contributed by atoms with van der Waals surface area (Å²) >= 11 is 0. The second kappa shape index (κ2) is 9.07. The molecule has 1 amide bonds. The van der Waals surface area contributed by atoms with Gasteiger partial charge < -0.3 is 16.4 Å². The highest BCUT2D eigenvalue weighted by atomic mass is 19.3. The van der Waals surface area contributed by atoms with Crippen molar-refractivity contribution in [3.8, 4) is 5.69 Å². The normalized spacial score (nSPS) is 20.1. The molecule has 1 aromatic carbocycles. The molecule has 2 unspecified atom stereocenters. The summed E-state index contributed by atoms with van der Waals surface area (Å²) in [4.78, 5) is 20.9. The van der Waals surface area contributed by atoms with Crippen LogP contribution in [-0.4, -0.2) is 64.8 Å². The third-order valence-corrected chi connectivity index (χ3v) is 6.34. The maximum absolute atomic E-state index is 15.1. The second-order valence-corrected chi connectivity index (χ2v) is 8.96. The maximum Gasteiger partial charge on any atom is 0.330 e. The lowest BCUT2D eigenvalue weighted by atomic mass is 9.85. The highest BCUT2D eigenvalue weighted by Gasteiger charge is 2.57. The van der Waals surface area contributed by atoms with Gasteiger partial charge in [-0.2, -0.15) is 23.8 Å². The number of rotatable bonds is 7. The van der Waals surface area contributed by atoms with Crippen molar-refractivity contribution in [1.29, 1.82) is 0 Å². The molecule has 9 nitrogen and oxygen atoms in total. The van der Waals surface area contributed by atoms with Crippen LogP contribution in [0.4, 0.5) is 26.2 Å². The summed E-state index contributed by atoms with van der Waals surface area (Å²) in [5, 5.41) is 10.4. The standard InChI is InChI=1S/C23H28F2N8O/c1-27-18-9-5-10-23(24,25)19(18)33(2,3)22-28-14-17(20(26)34)21(31-22)30-15-7-4-8-16(13-15)32-12-6-11-29-32/h4,6-8,11-14,18-19,27H,5,9-10H2,1-3H3,(H2-,26,28,30,31,34)/p+1. The van der Waals surface area contributed by atoms with Crippen LogP contribution < -0.4 is 20.9 Å². The summed E-state index contributed by atoms with van der Waals surface area (Å²) in [5.41, 5.74) is 7.04. The van der Waals surface area contributed by atoms with Gasteiger partial charge in [0.25, 0.3) is 5.91 Å². The number of anilines is 2. The van der Waals surface area contributed by atoms with Crippen molar-refractivity contribution in [3.05, 3.63) is 54.5 Å². The van der Waals surface area contributed by atoms with Gasteiger partial charge in [0.15, 0.2) is 11.9 Å².